The Balaban J connectivity index is 3.37. The van der Waals surface area contributed by atoms with Gasteiger partial charge in [-0.3, -0.25) is 4.21 Å². The van der Waals surface area contributed by atoms with Crippen molar-refractivity contribution in [2.75, 3.05) is 0 Å². The number of halogens is 3. The first kappa shape index (κ1) is 11.2. The van der Waals surface area contributed by atoms with Gasteiger partial charge in [-0.15, -0.1) is 0 Å². The molecule has 0 heterocycles. The van der Waals surface area contributed by atoms with E-state index in [1.165, 1.54) is 13.0 Å². The highest BCUT2D eigenvalue weighted by Gasteiger charge is 2.33. The van der Waals surface area contributed by atoms with Gasteiger partial charge in [0.05, 0.1) is 5.56 Å². The van der Waals surface area contributed by atoms with Crippen LogP contribution in [0.5, 0.6) is 0 Å². The van der Waals surface area contributed by atoms with Gasteiger partial charge in [0, 0.05) is 4.90 Å². The third kappa shape index (κ3) is 2.33. The molecule has 1 aromatic carbocycles. The lowest BCUT2D eigenvalue weighted by atomic mass is 10.1. The van der Waals surface area contributed by atoms with E-state index in [-0.39, 0.29) is 0 Å². The van der Waals surface area contributed by atoms with Gasteiger partial charge in [0.15, 0.2) is 0 Å². The second-order valence-corrected chi connectivity index (χ2v) is 3.64. The van der Waals surface area contributed by atoms with Crippen LogP contribution < -0.4 is 0 Å². The van der Waals surface area contributed by atoms with Gasteiger partial charge < -0.3 is 4.55 Å². The van der Waals surface area contributed by atoms with Crippen molar-refractivity contribution in [3.63, 3.8) is 0 Å². The maximum Gasteiger partial charge on any atom is 0.417 e. The Morgan fingerprint density at radius 3 is 2.36 bits per heavy atom. The maximum absolute atomic E-state index is 12.3. The van der Waals surface area contributed by atoms with E-state index in [9.17, 15) is 21.9 Å². The summed E-state index contributed by atoms with van der Waals surface area (Å²) in [5.74, 6) is 0. The summed E-state index contributed by atoms with van der Waals surface area (Å²) in [6.45, 7) is 1.52. The van der Waals surface area contributed by atoms with E-state index in [1.54, 1.807) is 0 Å². The Morgan fingerprint density at radius 1 is 1.36 bits per heavy atom. The fourth-order valence-electron chi connectivity index (χ4n) is 1.00. The summed E-state index contributed by atoms with van der Waals surface area (Å²) in [5, 5.41) is 0. The van der Waals surface area contributed by atoms with Crippen LogP contribution in [0.4, 0.5) is 13.2 Å². The minimum atomic E-state index is -4.64. The summed E-state index contributed by atoms with van der Waals surface area (Å²) in [7, 11) is 0. The first-order valence-electron chi connectivity index (χ1n) is 3.59. The van der Waals surface area contributed by atoms with Crippen LogP contribution in [0.2, 0.25) is 0 Å². The molecule has 1 atom stereocenters. The van der Waals surface area contributed by atoms with Crippen molar-refractivity contribution in [3.8, 4) is 0 Å². The minimum absolute atomic E-state index is 0.470. The fraction of sp³-hybridized carbons (Fsp3) is 0.250. The summed E-state index contributed by atoms with van der Waals surface area (Å²) in [4.78, 5) is -0.711. The van der Waals surface area contributed by atoms with Crippen LogP contribution in [0.3, 0.4) is 0 Å². The summed E-state index contributed by atoms with van der Waals surface area (Å²) >= 11 is -2.87. The van der Waals surface area contributed by atoms with Crippen LogP contribution >= 0.6 is 0 Å². The quantitative estimate of drug-likeness (QED) is 0.685. The van der Waals surface area contributed by atoms with E-state index in [2.05, 4.69) is 0 Å². The molecule has 1 unspecified atom stereocenters. The topological polar surface area (TPSA) is 40.1 Å². The molecule has 0 bridgehead atoms. The van der Waals surface area contributed by atoms with Crippen molar-refractivity contribution in [2.24, 2.45) is 0 Å². The van der Waals surface area contributed by atoms with Gasteiger partial charge in [-0.05, 0) is 35.7 Å². The van der Waals surface area contributed by atoms with E-state index < -0.39 is 27.7 Å². The third-order valence-corrected chi connectivity index (χ3v) is 2.32. The highest BCUT2D eigenvalue weighted by Crippen LogP contribution is 2.33. The van der Waals surface area contributed by atoms with Crippen molar-refractivity contribution >= 4 is 11.1 Å². The zero-order chi connectivity index (χ0) is 10.9. The van der Waals surface area contributed by atoms with Gasteiger partial charge in [0.2, 0.25) is 0 Å². The monoisotopic (exact) mass is 223 g/mol. The number of alkyl halides is 3. The van der Waals surface area contributed by atoms with Gasteiger partial charge in [0.25, 0.3) is 0 Å². The summed E-state index contributed by atoms with van der Waals surface area (Å²) in [5.41, 5.74) is -0.659. The normalized spacial score (nSPS) is 14.1. The third-order valence-electron chi connectivity index (χ3n) is 1.62. The molecule has 0 aliphatic rings. The van der Waals surface area contributed by atoms with Gasteiger partial charge in [-0.2, -0.15) is 13.2 Å². The summed E-state index contributed by atoms with van der Waals surface area (Å²) < 4.78 is 57.8. The SMILES string of the molecule is Cc1ccc(C(F)(F)F)c(S(=O)[O-])c1. The molecule has 0 aromatic heterocycles. The number of hydrogen-bond acceptors (Lipinski definition) is 2. The molecule has 1 aromatic rings. The van der Waals surface area contributed by atoms with Crippen LogP contribution in [0.15, 0.2) is 23.1 Å². The number of rotatable bonds is 1. The molecule has 2 nitrogen and oxygen atoms in total. The summed E-state index contributed by atoms with van der Waals surface area (Å²) in [6, 6.07) is 2.98. The maximum atomic E-state index is 12.3. The predicted molar refractivity (Wildman–Crippen MR) is 43.4 cm³/mol. The molecule has 0 N–H and O–H groups in total. The molecule has 14 heavy (non-hydrogen) atoms. The lowest BCUT2D eigenvalue weighted by Crippen LogP contribution is -2.10. The van der Waals surface area contributed by atoms with Crippen LogP contribution in [0.25, 0.3) is 0 Å². The predicted octanol–water partition coefficient (Wildman–Crippen LogP) is 2.25. The molecule has 0 radical (unpaired) electrons. The molecule has 78 valence electrons. The van der Waals surface area contributed by atoms with Crippen molar-refractivity contribution in [1.82, 2.24) is 0 Å². The molecule has 0 aliphatic carbocycles. The van der Waals surface area contributed by atoms with Crippen molar-refractivity contribution in [3.05, 3.63) is 29.3 Å². The molecule has 0 saturated heterocycles. The Morgan fingerprint density at radius 2 is 1.93 bits per heavy atom. The lowest BCUT2D eigenvalue weighted by Gasteiger charge is -2.14. The Kier molecular flexibility index (Phi) is 2.96. The molecule has 0 spiro atoms. The molecule has 0 fully saturated rings. The van der Waals surface area contributed by atoms with Crippen molar-refractivity contribution in [2.45, 2.75) is 18.0 Å². The van der Waals surface area contributed by atoms with E-state index in [0.717, 1.165) is 12.1 Å². The Bertz CT molecular complexity index is 373. The average Bonchev–Trinajstić information content (AvgIpc) is 2.01. The van der Waals surface area contributed by atoms with E-state index >= 15 is 0 Å². The Hall–Kier alpha value is -0.880. The lowest BCUT2D eigenvalue weighted by molar-refractivity contribution is -0.139. The van der Waals surface area contributed by atoms with Crippen LogP contribution in [0, 0.1) is 6.92 Å². The molecular weight excluding hydrogens is 217 g/mol. The van der Waals surface area contributed by atoms with Crippen LogP contribution in [-0.4, -0.2) is 8.76 Å². The van der Waals surface area contributed by atoms with Gasteiger partial charge >= 0.3 is 6.18 Å². The van der Waals surface area contributed by atoms with E-state index in [1.807, 2.05) is 0 Å². The number of aryl methyl sites for hydroxylation is 1. The Labute approximate surface area is 81.0 Å². The smallest absolute Gasteiger partial charge is 0.417 e. The largest absolute Gasteiger partial charge is 0.768 e. The standard InChI is InChI=1S/C8H7F3O2S/c1-5-2-3-6(8(9,10)11)7(4-5)14(12)13/h2-4H,1H3,(H,12,13)/p-1. The highest BCUT2D eigenvalue weighted by molar-refractivity contribution is 7.79. The first-order valence-corrected chi connectivity index (χ1v) is 4.67. The second kappa shape index (κ2) is 3.70. The summed E-state index contributed by atoms with van der Waals surface area (Å²) in [6.07, 6.45) is -4.64. The van der Waals surface area contributed by atoms with Gasteiger partial charge in [-0.25, -0.2) is 0 Å². The minimum Gasteiger partial charge on any atom is -0.768 e. The number of hydrogen-bond donors (Lipinski definition) is 0. The molecular formula is C8H6F3O2S-. The van der Waals surface area contributed by atoms with Gasteiger partial charge in [0.1, 0.15) is 0 Å². The highest BCUT2D eigenvalue weighted by atomic mass is 32.2. The molecule has 0 amide bonds. The van der Waals surface area contributed by atoms with E-state index in [4.69, 9.17) is 0 Å². The van der Waals surface area contributed by atoms with E-state index in [0.29, 0.717) is 5.56 Å². The fourth-order valence-corrected chi connectivity index (χ4v) is 1.65. The van der Waals surface area contributed by atoms with Gasteiger partial charge in [-0.1, -0.05) is 6.07 Å². The molecule has 0 aliphatic heterocycles. The van der Waals surface area contributed by atoms with Crippen molar-refractivity contribution in [1.29, 1.82) is 0 Å². The first-order chi connectivity index (χ1) is 6.32. The second-order valence-electron chi connectivity index (χ2n) is 2.73. The zero-order valence-electron chi connectivity index (χ0n) is 7.09. The van der Waals surface area contributed by atoms with Crippen LogP contribution in [0.1, 0.15) is 11.1 Å². The molecule has 0 saturated carbocycles. The average molecular weight is 223 g/mol. The zero-order valence-corrected chi connectivity index (χ0v) is 7.91. The number of benzene rings is 1. The van der Waals surface area contributed by atoms with Crippen LogP contribution in [-0.2, 0) is 17.3 Å². The molecule has 1 rings (SSSR count). The van der Waals surface area contributed by atoms with Crippen molar-refractivity contribution < 1.29 is 21.9 Å². The molecule has 6 heteroatoms.